The molecule has 2 rings (SSSR count). The second-order valence-corrected chi connectivity index (χ2v) is 6.38. The van der Waals surface area contributed by atoms with Crippen LogP contribution in [0.15, 0.2) is 4.79 Å². The summed E-state index contributed by atoms with van der Waals surface area (Å²) in [4.78, 5) is 37.5. The first kappa shape index (κ1) is 20.0. The molecule has 9 heteroatoms. The molecule has 1 aliphatic rings. The first-order valence-electron chi connectivity index (χ1n) is 9.52. The maximum Gasteiger partial charge on any atom is 0.345 e. The molecule has 2 heterocycles. The molecule has 0 spiro atoms. The Kier molecular flexibility index (Phi) is 7.68. The van der Waals surface area contributed by atoms with Crippen LogP contribution in [0.1, 0.15) is 45.4 Å². The highest BCUT2D eigenvalue weighted by atomic mass is 16.2. The van der Waals surface area contributed by atoms with Gasteiger partial charge in [0, 0.05) is 52.1 Å². The fourth-order valence-electron chi connectivity index (χ4n) is 3.10. The van der Waals surface area contributed by atoms with Crippen molar-refractivity contribution in [1.82, 2.24) is 29.9 Å². The third kappa shape index (κ3) is 5.34. The lowest BCUT2D eigenvalue weighted by Crippen LogP contribution is -2.39. The number of nitrogens with one attached hydrogen (secondary N) is 2. The lowest BCUT2D eigenvalue weighted by atomic mass is 10.2. The van der Waals surface area contributed by atoms with Gasteiger partial charge in [-0.15, -0.1) is 0 Å². The van der Waals surface area contributed by atoms with E-state index in [0.717, 1.165) is 31.6 Å². The van der Waals surface area contributed by atoms with E-state index in [4.69, 9.17) is 0 Å². The second kappa shape index (κ2) is 9.98. The maximum absolute atomic E-state index is 12.2. The van der Waals surface area contributed by atoms with Crippen LogP contribution in [0.5, 0.6) is 0 Å². The summed E-state index contributed by atoms with van der Waals surface area (Å²) in [7, 11) is 0. The van der Waals surface area contributed by atoms with Gasteiger partial charge in [0.2, 0.25) is 5.91 Å². The predicted octanol–water partition coefficient (Wildman–Crippen LogP) is 0.329. The van der Waals surface area contributed by atoms with Crippen LogP contribution in [0.3, 0.4) is 0 Å². The summed E-state index contributed by atoms with van der Waals surface area (Å²) in [5, 5.41) is 9.79. The van der Waals surface area contributed by atoms with Crippen molar-refractivity contribution in [2.45, 2.75) is 59.0 Å². The minimum Gasteiger partial charge on any atom is -0.343 e. The molecule has 2 N–H and O–H groups in total. The number of hydrogen-bond donors (Lipinski definition) is 2. The Morgan fingerprint density at radius 2 is 1.88 bits per heavy atom. The topological polar surface area (TPSA) is 101 Å². The van der Waals surface area contributed by atoms with E-state index in [9.17, 15) is 14.4 Å². The van der Waals surface area contributed by atoms with Gasteiger partial charge < -0.3 is 15.5 Å². The largest absolute Gasteiger partial charge is 0.345 e. The molecule has 0 bridgehead atoms. The number of fused-ring (bicyclic) bond motifs is 1. The fourth-order valence-corrected chi connectivity index (χ4v) is 3.10. The molecule has 0 atom stereocenters. The normalized spacial score (nSPS) is 13.2. The number of nitrogens with zero attached hydrogens (tertiary/aromatic N) is 4. The number of amides is 3. The summed E-state index contributed by atoms with van der Waals surface area (Å²) >= 11 is 0. The van der Waals surface area contributed by atoms with Crippen molar-refractivity contribution in [3.63, 3.8) is 0 Å². The van der Waals surface area contributed by atoms with Gasteiger partial charge in [-0.25, -0.2) is 14.3 Å². The highest BCUT2D eigenvalue weighted by Gasteiger charge is 2.16. The van der Waals surface area contributed by atoms with Gasteiger partial charge in [0.05, 0.1) is 0 Å². The molecule has 3 amide bonds. The smallest absolute Gasteiger partial charge is 0.343 e. The zero-order valence-electron chi connectivity index (χ0n) is 15.8. The van der Waals surface area contributed by atoms with Crippen LogP contribution in [0, 0.1) is 0 Å². The molecular weight excluding hydrogens is 336 g/mol. The SMILES string of the molecule is CCN(CC)C(=O)CCNC(=O)NCCCn1nc2n(c1=O)CCCC2. The molecular formula is C17H30N6O3. The standard InChI is InChI=1S/C17H30N6O3/c1-3-21(4-2)15(24)9-11-19-16(25)18-10-7-13-23-17(26)22-12-6-5-8-14(22)20-23/h3-13H2,1-2H3,(H2,18,19,25). The first-order chi connectivity index (χ1) is 12.6. The molecule has 0 fully saturated rings. The van der Waals surface area contributed by atoms with E-state index in [1.165, 1.54) is 4.68 Å². The lowest BCUT2D eigenvalue weighted by molar-refractivity contribution is -0.130. The second-order valence-electron chi connectivity index (χ2n) is 6.38. The number of carbonyl (C=O) groups is 2. The van der Waals surface area contributed by atoms with Crippen molar-refractivity contribution in [2.75, 3.05) is 26.2 Å². The minimum absolute atomic E-state index is 0.0402. The van der Waals surface area contributed by atoms with E-state index in [2.05, 4.69) is 15.7 Å². The van der Waals surface area contributed by atoms with Crippen LogP contribution in [0.25, 0.3) is 0 Å². The number of aromatic nitrogens is 3. The summed E-state index contributed by atoms with van der Waals surface area (Å²) < 4.78 is 3.24. The molecule has 0 radical (unpaired) electrons. The fraction of sp³-hybridized carbons (Fsp3) is 0.765. The molecule has 1 aromatic heterocycles. The zero-order valence-corrected chi connectivity index (χ0v) is 15.8. The van der Waals surface area contributed by atoms with Gasteiger partial charge in [-0.3, -0.25) is 9.36 Å². The van der Waals surface area contributed by atoms with Gasteiger partial charge in [-0.05, 0) is 33.1 Å². The third-order valence-electron chi connectivity index (χ3n) is 4.60. The quantitative estimate of drug-likeness (QED) is 0.615. The van der Waals surface area contributed by atoms with Crippen molar-refractivity contribution in [1.29, 1.82) is 0 Å². The van der Waals surface area contributed by atoms with Crippen LogP contribution in [-0.4, -0.2) is 57.4 Å². The molecule has 146 valence electrons. The van der Waals surface area contributed by atoms with E-state index >= 15 is 0 Å². The van der Waals surface area contributed by atoms with Crippen molar-refractivity contribution in [2.24, 2.45) is 0 Å². The van der Waals surface area contributed by atoms with Gasteiger partial charge in [0.1, 0.15) is 5.82 Å². The Balaban J connectivity index is 1.62. The van der Waals surface area contributed by atoms with Crippen molar-refractivity contribution in [3.05, 3.63) is 16.3 Å². The zero-order chi connectivity index (χ0) is 18.9. The van der Waals surface area contributed by atoms with Crippen molar-refractivity contribution < 1.29 is 9.59 Å². The van der Waals surface area contributed by atoms with Crippen molar-refractivity contribution >= 4 is 11.9 Å². The van der Waals surface area contributed by atoms with E-state index in [1.807, 2.05) is 13.8 Å². The van der Waals surface area contributed by atoms with Gasteiger partial charge in [0.15, 0.2) is 0 Å². The Morgan fingerprint density at radius 3 is 2.58 bits per heavy atom. The van der Waals surface area contributed by atoms with Crippen LogP contribution in [0.4, 0.5) is 4.79 Å². The number of carbonyl (C=O) groups excluding carboxylic acids is 2. The van der Waals surface area contributed by atoms with Gasteiger partial charge in [-0.1, -0.05) is 0 Å². The van der Waals surface area contributed by atoms with Gasteiger partial charge in [0.25, 0.3) is 0 Å². The molecule has 26 heavy (non-hydrogen) atoms. The Morgan fingerprint density at radius 1 is 1.15 bits per heavy atom. The van der Waals surface area contributed by atoms with Gasteiger partial charge >= 0.3 is 11.7 Å². The molecule has 0 saturated carbocycles. The molecule has 9 nitrogen and oxygen atoms in total. The molecule has 0 aromatic carbocycles. The molecule has 0 saturated heterocycles. The Labute approximate surface area is 153 Å². The average molecular weight is 366 g/mol. The van der Waals surface area contributed by atoms with Gasteiger partial charge in [-0.2, -0.15) is 5.10 Å². The highest BCUT2D eigenvalue weighted by Crippen LogP contribution is 2.09. The lowest BCUT2D eigenvalue weighted by Gasteiger charge is -2.18. The minimum atomic E-state index is -0.297. The number of rotatable bonds is 9. The summed E-state index contributed by atoms with van der Waals surface area (Å²) in [5.41, 5.74) is -0.0564. The maximum atomic E-state index is 12.2. The average Bonchev–Trinajstić information content (AvgIpc) is 2.96. The molecule has 1 aromatic rings. The summed E-state index contributed by atoms with van der Waals surface area (Å²) in [6.07, 6.45) is 3.88. The molecule has 1 aliphatic heterocycles. The van der Waals surface area contributed by atoms with Crippen LogP contribution < -0.4 is 16.3 Å². The van der Waals surface area contributed by atoms with E-state index in [0.29, 0.717) is 45.6 Å². The summed E-state index contributed by atoms with van der Waals surface area (Å²) in [5.74, 6) is 0.906. The summed E-state index contributed by atoms with van der Waals surface area (Å²) in [6, 6.07) is -0.297. The number of urea groups is 1. The summed E-state index contributed by atoms with van der Waals surface area (Å²) in [6.45, 7) is 7.23. The van der Waals surface area contributed by atoms with E-state index in [-0.39, 0.29) is 17.6 Å². The number of hydrogen-bond acceptors (Lipinski definition) is 4. The van der Waals surface area contributed by atoms with E-state index < -0.39 is 0 Å². The monoisotopic (exact) mass is 366 g/mol. The van der Waals surface area contributed by atoms with Crippen LogP contribution >= 0.6 is 0 Å². The third-order valence-corrected chi connectivity index (χ3v) is 4.60. The number of aryl methyl sites for hydroxylation is 2. The molecule has 0 unspecified atom stereocenters. The molecule has 0 aliphatic carbocycles. The Hall–Kier alpha value is -2.32. The van der Waals surface area contributed by atoms with Crippen LogP contribution in [0.2, 0.25) is 0 Å². The highest BCUT2D eigenvalue weighted by molar-refractivity contribution is 5.78. The van der Waals surface area contributed by atoms with Crippen LogP contribution in [-0.2, 0) is 24.3 Å². The Bertz CT molecular complexity index is 662. The first-order valence-corrected chi connectivity index (χ1v) is 9.52. The predicted molar refractivity (Wildman–Crippen MR) is 98.0 cm³/mol. The van der Waals surface area contributed by atoms with Crippen molar-refractivity contribution in [3.8, 4) is 0 Å². The van der Waals surface area contributed by atoms with E-state index in [1.54, 1.807) is 9.47 Å².